The van der Waals surface area contributed by atoms with E-state index in [1.54, 1.807) is 0 Å². The molecule has 0 radical (unpaired) electrons. The van der Waals surface area contributed by atoms with Crippen molar-refractivity contribution in [2.45, 2.75) is 46.1 Å². The Bertz CT molecular complexity index is 528. The first-order valence-electron chi connectivity index (χ1n) is 7.12. The Morgan fingerprint density at radius 1 is 1.30 bits per heavy atom. The zero-order chi connectivity index (χ0) is 14.5. The topological polar surface area (TPSA) is 75.9 Å². The number of nitrogens with one attached hydrogen (secondary N) is 2. The number of halogens is 1. The lowest BCUT2D eigenvalue weighted by atomic mass is 9.68. The molecule has 3 rings (SSSR count). The van der Waals surface area contributed by atoms with Crippen LogP contribution in [0.1, 0.15) is 40.0 Å². The van der Waals surface area contributed by atoms with E-state index in [0.717, 1.165) is 16.2 Å². The molecule has 2 aliphatic rings. The van der Waals surface area contributed by atoms with Crippen LogP contribution in [-0.2, 0) is 0 Å². The summed E-state index contributed by atoms with van der Waals surface area (Å²) in [5, 5.41) is 3.65. The van der Waals surface area contributed by atoms with E-state index in [4.69, 9.17) is 5.84 Å². The van der Waals surface area contributed by atoms with Gasteiger partial charge in [-0.25, -0.2) is 15.8 Å². The van der Waals surface area contributed by atoms with Crippen LogP contribution in [0.3, 0.4) is 0 Å². The van der Waals surface area contributed by atoms with Crippen LogP contribution in [0.5, 0.6) is 0 Å². The van der Waals surface area contributed by atoms with E-state index in [9.17, 15) is 0 Å². The van der Waals surface area contributed by atoms with Gasteiger partial charge in [0.1, 0.15) is 16.6 Å². The van der Waals surface area contributed by atoms with Gasteiger partial charge in [0.2, 0.25) is 0 Å². The van der Waals surface area contributed by atoms with Gasteiger partial charge in [-0.05, 0) is 51.9 Å². The molecule has 110 valence electrons. The summed E-state index contributed by atoms with van der Waals surface area (Å²) in [7, 11) is 0. The Labute approximate surface area is 128 Å². The SMILES string of the molecule is CC12CCC(C1)C(C)(C)C2Nc1ncnc(NN)c1Br. The molecule has 2 fully saturated rings. The molecule has 2 bridgehead atoms. The maximum Gasteiger partial charge on any atom is 0.159 e. The van der Waals surface area contributed by atoms with Crippen molar-refractivity contribution in [2.24, 2.45) is 22.6 Å². The fourth-order valence-electron chi connectivity index (χ4n) is 4.37. The molecule has 3 unspecified atom stereocenters. The second-order valence-electron chi connectivity index (χ2n) is 7.02. The zero-order valence-electron chi connectivity index (χ0n) is 12.2. The molecular formula is C14H22BrN5. The summed E-state index contributed by atoms with van der Waals surface area (Å²) in [5.41, 5.74) is 3.23. The molecule has 0 saturated heterocycles. The highest BCUT2D eigenvalue weighted by Gasteiger charge is 2.59. The van der Waals surface area contributed by atoms with Crippen molar-refractivity contribution in [1.29, 1.82) is 0 Å². The molecule has 0 spiro atoms. The lowest BCUT2D eigenvalue weighted by Crippen LogP contribution is -2.46. The fraction of sp³-hybridized carbons (Fsp3) is 0.714. The first-order valence-corrected chi connectivity index (χ1v) is 7.91. The standard InChI is InChI=1S/C14H22BrN5/c1-13(2)8-4-5-14(3,6-8)12(13)19-10-9(15)11(20-16)18-7-17-10/h7-8,12H,4-6,16H2,1-3H3,(H2,17,18,19,20). The minimum absolute atomic E-state index is 0.285. The lowest BCUT2D eigenvalue weighted by Gasteiger charge is -2.43. The van der Waals surface area contributed by atoms with Crippen LogP contribution in [0.25, 0.3) is 0 Å². The number of rotatable bonds is 3. The number of hydrogen-bond acceptors (Lipinski definition) is 5. The molecule has 5 nitrogen and oxygen atoms in total. The molecule has 20 heavy (non-hydrogen) atoms. The Morgan fingerprint density at radius 2 is 2.00 bits per heavy atom. The minimum Gasteiger partial charge on any atom is -0.365 e. The Kier molecular flexibility index (Phi) is 3.21. The highest BCUT2D eigenvalue weighted by atomic mass is 79.9. The molecule has 4 N–H and O–H groups in total. The normalized spacial score (nSPS) is 34.2. The van der Waals surface area contributed by atoms with Crippen molar-refractivity contribution in [3.8, 4) is 0 Å². The van der Waals surface area contributed by atoms with Crippen LogP contribution in [0, 0.1) is 16.7 Å². The highest BCUT2D eigenvalue weighted by Crippen LogP contribution is 2.63. The van der Waals surface area contributed by atoms with E-state index in [0.29, 0.717) is 17.3 Å². The Hall–Kier alpha value is -0.880. The number of fused-ring (bicyclic) bond motifs is 2. The molecule has 2 saturated carbocycles. The van der Waals surface area contributed by atoms with Gasteiger partial charge >= 0.3 is 0 Å². The van der Waals surface area contributed by atoms with Gasteiger partial charge in [-0.1, -0.05) is 20.8 Å². The number of nitrogens with two attached hydrogens (primary N) is 1. The van der Waals surface area contributed by atoms with Gasteiger partial charge in [0.15, 0.2) is 5.82 Å². The second kappa shape index (κ2) is 4.56. The van der Waals surface area contributed by atoms with E-state index in [2.05, 4.69) is 57.4 Å². The average Bonchev–Trinajstić information content (AvgIpc) is 2.87. The van der Waals surface area contributed by atoms with E-state index >= 15 is 0 Å². The molecule has 0 aromatic carbocycles. The summed E-state index contributed by atoms with van der Waals surface area (Å²) < 4.78 is 0.796. The fourth-order valence-corrected chi connectivity index (χ4v) is 4.80. The zero-order valence-corrected chi connectivity index (χ0v) is 13.8. The molecular weight excluding hydrogens is 318 g/mol. The lowest BCUT2D eigenvalue weighted by molar-refractivity contribution is 0.155. The van der Waals surface area contributed by atoms with Gasteiger partial charge in [0, 0.05) is 6.04 Å². The highest BCUT2D eigenvalue weighted by molar-refractivity contribution is 9.10. The number of hydrazine groups is 1. The van der Waals surface area contributed by atoms with Crippen LogP contribution in [-0.4, -0.2) is 16.0 Å². The Morgan fingerprint density at radius 3 is 2.60 bits per heavy atom. The maximum atomic E-state index is 5.47. The summed E-state index contributed by atoms with van der Waals surface area (Å²) in [5.74, 6) is 7.70. The van der Waals surface area contributed by atoms with Crippen LogP contribution in [0.2, 0.25) is 0 Å². The molecule has 1 aromatic heterocycles. The number of aromatic nitrogens is 2. The molecule has 1 aromatic rings. The van der Waals surface area contributed by atoms with Gasteiger partial charge in [0.25, 0.3) is 0 Å². The number of nitrogen functional groups attached to an aromatic ring is 1. The predicted molar refractivity (Wildman–Crippen MR) is 84.2 cm³/mol. The molecule has 3 atom stereocenters. The predicted octanol–water partition coefficient (Wildman–Crippen LogP) is 3.15. The minimum atomic E-state index is 0.285. The van der Waals surface area contributed by atoms with Crippen molar-refractivity contribution in [3.63, 3.8) is 0 Å². The summed E-state index contributed by atoms with van der Waals surface area (Å²) in [6.45, 7) is 7.14. The smallest absolute Gasteiger partial charge is 0.159 e. The van der Waals surface area contributed by atoms with E-state index in [1.807, 2.05) is 0 Å². The molecule has 2 aliphatic carbocycles. The van der Waals surface area contributed by atoms with Crippen LogP contribution >= 0.6 is 15.9 Å². The van der Waals surface area contributed by atoms with Gasteiger partial charge < -0.3 is 10.7 Å². The summed E-state index contributed by atoms with van der Waals surface area (Å²) in [6.07, 6.45) is 5.49. The largest absolute Gasteiger partial charge is 0.365 e. The van der Waals surface area contributed by atoms with Crippen LogP contribution in [0.15, 0.2) is 10.8 Å². The third-order valence-corrected chi connectivity index (χ3v) is 6.23. The maximum absolute atomic E-state index is 5.47. The van der Waals surface area contributed by atoms with E-state index in [1.165, 1.54) is 25.6 Å². The molecule has 0 amide bonds. The van der Waals surface area contributed by atoms with Crippen molar-refractivity contribution >= 4 is 27.6 Å². The van der Waals surface area contributed by atoms with Gasteiger partial charge in [-0.2, -0.15) is 0 Å². The van der Waals surface area contributed by atoms with Crippen molar-refractivity contribution in [1.82, 2.24) is 9.97 Å². The van der Waals surface area contributed by atoms with Gasteiger partial charge in [0.05, 0.1) is 0 Å². The number of hydrogen-bond donors (Lipinski definition) is 3. The van der Waals surface area contributed by atoms with Gasteiger partial charge in [-0.3, -0.25) is 0 Å². The molecule has 1 heterocycles. The van der Waals surface area contributed by atoms with Crippen LogP contribution in [0.4, 0.5) is 11.6 Å². The van der Waals surface area contributed by atoms with E-state index in [-0.39, 0.29) is 5.41 Å². The van der Waals surface area contributed by atoms with E-state index < -0.39 is 0 Å². The third kappa shape index (κ3) is 1.92. The second-order valence-corrected chi connectivity index (χ2v) is 7.81. The first-order chi connectivity index (χ1) is 9.38. The molecule has 0 aliphatic heterocycles. The third-order valence-electron chi connectivity index (χ3n) is 5.48. The van der Waals surface area contributed by atoms with Crippen molar-refractivity contribution < 1.29 is 0 Å². The number of anilines is 2. The van der Waals surface area contributed by atoms with Gasteiger partial charge in [-0.15, -0.1) is 0 Å². The first kappa shape index (κ1) is 14.1. The average molecular weight is 340 g/mol. The monoisotopic (exact) mass is 339 g/mol. The molecule has 6 heteroatoms. The number of nitrogens with zero attached hydrogens (tertiary/aromatic N) is 2. The van der Waals surface area contributed by atoms with Crippen molar-refractivity contribution in [3.05, 3.63) is 10.8 Å². The summed E-state index contributed by atoms with van der Waals surface area (Å²) in [6, 6.07) is 0.422. The quantitative estimate of drug-likeness (QED) is 0.582. The summed E-state index contributed by atoms with van der Waals surface area (Å²) in [4.78, 5) is 8.47. The summed E-state index contributed by atoms with van der Waals surface area (Å²) >= 11 is 3.53. The van der Waals surface area contributed by atoms with Crippen molar-refractivity contribution in [2.75, 3.05) is 10.7 Å². The Balaban J connectivity index is 1.92. The van der Waals surface area contributed by atoms with Crippen LogP contribution < -0.4 is 16.6 Å².